The van der Waals surface area contributed by atoms with Gasteiger partial charge in [-0.15, -0.1) is 11.3 Å². The summed E-state index contributed by atoms with van der Waals surface area (Å²) in [6, 6.07) is 9.50. The number of para-hydroxylation sites is 1. The van der Waals surface area contributed by atoms with E-state index in [1.165, 1.54) is 4.88 Å². The van der Waals surface area contributed by atoms with Crippen LogP contribution in [-0.2, 0) is 12.8 Å². The molecule has 1 aromatic carbocycles. The number of aliphatic imine (C=N–C) groups is 1. The maximum Gasteiger partial charge on any atom is 0.339 e. The van der Waals surface area contributed by atoms with Crippen LogP contribution < -0.4 is 0 Å². The number of aryl methyl sites for hydroxylation is 2. The number of hydrogen-bond donors (Lipinski definition) is 1. The van der Waals surface area contributed by atoms with Gasteiger partial charge in [0.2, 0.25) is 0 Å². The average molecular weight is 413 g/mol. The molecule has 0 amide bonds. The van der Waals surface area contributed by atoms with Gasteiger partial charge in [-0.3, -0.25) is 4.99 Å². The molecule has 1 N–H and O–H groups in total. The Hall–Kier alpha value is -2.37. The Labute approximate surface area is 173 Å². The monoisotopic (exact) mass is 412 g/mol. The predicted molar refractivity (Wildman–Crippen MR) is 115 cm³/mol. The standard InChI is InChI=1S/C22H21ClN2O2S/c1-13-11-15(12-24-18-9-5-4-8-17(18)23)14(2)25(13)21-20(22(26)27)16-7-3-6-10-19(16)28-21/h4-5,8-9,11-12H,3,6-7,10H2,1-2H3,(H,26,27). The van der Waals surface area contributed by atoms with Gasteiger partial charge in [0.1, 0.15) is 5.00 Å². The molecule has 0 unspecified atom stereocenters. The van der Waals surface area contributed by atoms with Gasteiger partial charge in [0.25, 0.3) is 0 Å². The van der Waals surface area contributed by atoms with Crippen LogP contribution in [0, 0.1) is 13.8 Å². The van der Waals surface area contributed by atoms with Crippen LogP contribution in [0.1, 0.15) is 50.6 Å². The van der Waals surface area contributed by atoms with Gasteiger partial charge in [0.05, 0.1) is 16.3 Å². The summed E-state index contributed by atoms with van der Waals surface area (Å²) in [5.41, 5.74) is 5.15. The first-order chi connectivity index (χ1) is 13.5. The number of fused-ring (bicyclic) bond motifs is 1. The van der Waals surface area contributed by atoms with Crippen LogP contribution in [0.25, 0.3) is 5.00 Å². The quantitative estimate of drug-likeness (QED) is 0.523. The lowest BCUT2D eigenvalue weighted by Gasteiger charge is -2.11. The Morgan fingerprint density at radius 2 is 2.00 bits per heavy atom. The van der Waals surface area contributed by atoms with Gasteiger partial charge in [0.15, 0.2) is 0 Å². The highest BCUT2D eigenvalue weighted by molar-refractivity contribution is 7.15. The molecule has 1 aliphatic carbocycles. The number of nitrogens with zero attached hydrogens (tertiary/aromatic N) is 2. The molecule has 0 radical (unpaired) electrons. The molecule has 0 atom stereocenters. The maximum atomic E-state index is 12.1. The molecule has 6 heteroatoms. The van der Waals surface area contributed by atoms with Crippen molar-refractivity contribution in [2.24, 2.45) is 4.99 Å². The number of carboxylic acids is 1. The minimum absolute atomic E-state index is 0.469. The second kappa shape index (κ2) is 7.57. The number of hydrogen-bond acceptors (Lipinski definition) is 3. The molecule has 0 saturated carbocycles. The van der Waals surface area contributed by atoms with Crippen LogP contribution in [0.3, 0.4) is 0 Å². The number of carboxylic acid groups (broad SMARTS) is 1. The minimum Gasteiger partial charge on any atom is -0.478 e. The summed E-state index contributed by atoms with van der Waals surface area (Å²) in [6.07, 6.45) is 5.82. The molecule has 0 fully saturated rings. The Kier molecular flexibility index (Phi) is 5.13. The van der Waals surface area contributed by atoms with E-state index in [-0.39, 0.29) is 0 Å². The van der Waals surface area contributed by atoms with E-state index in [1.54, 1.807) is 17.6 Å². The van der Waals surface area contributed by atoms with Crippen LogP contribution in [0.2, 0.25) is 5.02 Å². The van der Waals surface area contributed by atoms with Gasteiger partial charge < -0.3 is 9.67 Å². The SMILES string of the molecule is Cc1cc(C=Nc2ccccc2Cl)c(C)n1-c1sc2c(c1C(=O)O)CCCC2. The molecule has 0 spiro atoms. The summed E-state index contributed by atoms with van der Waals surface area (Å²) in [6.45, 7) is 4.01. The second-order valence-electron chi connectivity index (χ2n) is 7.07. The first kappa shape index (κ1) is 19.0. The topological polar surface area (TPSA) is 54.6 Å². The van der Waals surface area contributed by atoms with Gasteiger partial charge in [-0.1, -0.05) is 23.7 Å². The number of halogens is 1. The Morgan fingerprint density at radius 1 is 1.25 bits per heavy atom. The first-order valence-electron chi connectivity index (χ1n) is 9.33. The first-order valence-corrected chi connectivity index (χ1v) is 10.5. The summed E-state index contributed by atoms with van der Waals surface area (Å²) in [4.78, 5) is 17.8. The van der Waals surface area contributed by atoms with Crippen LogP contribution in [0.4, 0.5) is 5.69 Å². The van der Waals surface area contributed by atoms with Gasteiger partial charge in [-0.25, -0.2) is 4.79 Å². The molecule has 3 aromatic rings. The fraction of sp³-hybridized carbons (Fsp3) is 0.273. The average Bonchev–Trinajstić information content (AvgIpc) is 3.17. The number of carbonyl (C=O) groups is 1. The molecule has 28 heavy (non-hydrogen) atoms. The highest BCUT2D eigenvalue weighted by atomic mass is 35.5. The van der Waals surface area contributed by atoms with E-state index in [0.717, 1.165) is 53.2 Å². The van der Waals surface area contributed by atoms with Crippen molar-refractivity contribution in [3.05, 3.63) is 68.3 Å². The highest BCUT2D eigenvalue weighted by Crippen LogP contribution is 2.38. The summed E-state index contributed by atoms with van der Waals surface area (Å²) in [5, 5.41) is 11.3. The largest absolute Gasteiger partial charge is 0.478 e. The van der Waals surface area contributed by atoms with E-state index in [0.29, 0.717) is 16.3 Å². The van der Waals surface area contributed by atoms with Crippen LogP contribution in [-0.4, -0.2) is 21.9 Å². The molecule has 2 aromatic heterocycles. The molecule has 4 nitrogen and oxygen atoms in total. The van der Waals surface area contributed by atoms with Gasteiger partial charge >= 0.3 is 5.97 Å². The van der Waals surface area contributed by atoms with Crippen molar-refractivity contribution >= 4 is 40.8 Å². The summed E-state index contributed by atoms with van der Waals surface area (Å²) in [5.74, 6) is -0.840. The smallest absolute Gasteiger partial charge is 0.339 e. The Bertz CT molecular complexity index is 1090. The van der Waals surface area contributed by atoms with Gasteiger partial charge in [-0.2, -0.15) is 0 Å². The zero-order valence-corrected chi connectivity index (χ0v) is 17.4. The zero-order chi connectivity index (χ0) is 19.8. The molecule has 1 aliphatic rings. The van der Waals surface area contributed by atoms with E-state index < -0.39 is 5.97 Å². The number of aromatic nitrogens is 1. The van der Waals surface area contributed by atoms with Crippen LogP contribution in [0.15, 0.2) is 35.3 Å². The molecule has 144 valence electrons. The van der Waals surface area contributed by atoms with E-state index in [4.69, 9.17) is 11.6 Å². The van der Waals surface area contributed by atoms with E-state index >= 15 is 0 Å². The lowest BCUT2D eigenvalue weighted by molar-refractivity contribution is 0.0696. The Morgan fingerprint density at radius 3 is 2.75 bits per heavy atom. The van der Waals surface area contributed by atoms with Crippen LogP contribution >= 0.6 is 22.9 Å². The highest BCUT2D eigenvalue weighted by Gasteiger charge is 2.27. The number of benzene rings is 1. The molecular formula is C22H21ClN2O2S. The zero-order valence-electron chi connectivity index (χ0n) is 15.8. The molecule has 0 bridgehead atoms. The summed E-state index contributed by atoms with van der Waals surface area (Å²) >= 11 is 7.81. The van der Waals surface area contributed by atoms with E-state index in [1.807, 2.05) is 44.2 Å². The number of rotatable bonds is 4. The van der Waals surface area contributed by atoms with Crippen molar-refractivity contribution in [2.45, 2.75) is 39.5 Å². The second-order valence-corrected chi connectivity index (χ2v) is 8.56. The normalized spacial score (nSPS) is 13.8. The molecule has 0 saturated heterocycles. The van der Waals surface area contributed by atoms with Crippen molar-refractivity contribution in [3.63, 3.8) is 0 Å². The van der Waals surface area contributed by atoms with Crippen molar-refractivity contribution < 1.29 is 9.90 Å². The molecule has 4 rings (SSSR count). The predicted octanol–water partition coefficient (Wildman–Crippen LogP) is 6.14. The van der Waals surface area contributed by atoms with Crippen LogP contribution in [0.5, 0.6) is 0 Å². The fourth-order valence-corrected chi connectivity index (χ4v) is 5.53. The minimum atomic E-state index is -0.840. The lowest BCUT2D eigenvalue weighted by atomic mass is 9.95. The van der Waals surface area contributed by atoms with E-state index in [9.17, 15) is 9.90 Å². The number of thiophene rings is 1. The van der Waals surface area contributed by atoms with Crippen molar-refractivity contribution in [1.29, 1.82) is 0 Å². The van der Waals surface area contributed by atoms with E-state index in [2.05, 4.69) is 9.56 Å². The fourth-order valence-electron chi connectivity index (χ4n) is 3.86. The van der Waals surface area contributed by atoms with Gasteiger partial charge in [0, 0.05) is 28.0 Å². The molecule has 0 aliphatic heterocycles. The van der Waals surface area contributed by atoms with Crippen molar-refractivity contribution in [3.8, 4) is 5.00 Å². The van der Waals surface area contributed by atoms with Gasteiger partial charge in [-0.05, 0) is 63.3 Å². The van der Waals surface area contributed by atoms with Crippen molar-refractivity contribution in [1.82, 2.24) is 4.57 Å². The summed E-state index contributed by atoms with van der Waals surface area (Å²) in [7, 11) is 0. The maximum absolute atomic E-state index is 12.1. The number of aromatic carboxylic acids is 1. The lowest BCUT2D eigenvalue weighted by Crippen LogP contribution is -2.09. The summed E-state index contributed by atoms with van der Waals surface area (Å²) < 4.78 is 2.06. The van der Waals surface area contributed by atoms with Crippen molar-refractivity contribution in [2.75, 3.05) is 0 Å². The third-order valence-electron chi connectivity index (χ3n) is 5.24. The molecular weight excluding hydrogens is 392 g/mol. The third kappa shape index (κ3) is 3.29. The third-order valence-corrected chi connectivity index (χ3v) is 6.83. The molecule has 2 heterocycles. The Balaban J connectivity index is 1.80.